The van der Waals surface area contributed by atoms with Gasteiger partial charge in [-0.3, -0.25) is 4.90 Å². The van der Waals surface area contributed by atoms with Crippen LogP contribution in [0.4, 0.5) is 0 Å². The van der Waals surface area contributed by atoms with Gasteiger partial charge >= 0.3 is 0 Å². The van der Waals surface area contributed by atoms with Crippen LogP contribution in [0.15, 0.2) is 18.2 Å². The lowest BCUT2D eigenvalue weighted by Crippen LogP contribution is -2.46. The molecule has 110 valence electrons. The quantitative estimate of drug-likeness (QED) is 0.768. The molecule has 0 fully saturated rings. The third-order valence-corrected chi connectivity index (χ3v) is 3.72. The molecule has 1 aromatic rings. The van der Waals surface area contributed by atoms with Crippen LogP contribution in [-0.2, 0) is 6.42 Å². The first-order valence-corrected chi connectivity index (χ1v) is 6.92. The number of nitriles is 1. The Bertz CT molecular complexity index is 478. The van der Waals surface area contributed by atoms with E-state index in [9.17, 15) is 5.26 Å². The number of nitrogens with zero attached hydrogens (tertiary/aromatic N) is 2. The maximum atomic E-state index is 9.61. The summed E-state index contributed by atoms with van der Waals surface area (Å²) in [6.45, 7) is 7.79. The smallest absolute Gasteiger partial charge is 0.163 e. The first-order valence-electron chi connectivity index (χ1n) is 6.92. The summed E-state index contributed by atoms with van der Waals surface area (Å²) in [6.07, 6.45) is 0.603. The monoisotopic (exact) mass is 276 g/mol. The van der Waals surface area contributed by atoms with Gasteiger partial charge in [-0.25, -0.2) is 0 Å². The van der Waals surface area contributed by atoms with E-state index in [-0.39, 0.29) is 0 Å². The van der Waals surface area contributed by atoms with Crippen molar-refractivity contribution in [2.45, 2.75) is 32.7 Å². The Morgan fingerprint density at radius 2 is 1.85 bits per heavy atom. The van der Waals surface area contributed by atoms with E-state index >= 15 is 0 Å². The minimum Gasteiger partial charge on any atom is -0.493 e. The van der Waals surface area contributed by atoms with E-state index in [0.29, 0.717) is 17.9 Å². The highest BCUT2D eigenvalue weighted by Crippen LogP contribution is 2.34. The third-order valence-electron chi connectivity index (χ3n) is 3.72. The molecular weight excluding hydrogens is 252 g/mol. The zero-order valence-corrected chi connectivity index (χ0v) is 13.1. The number of para-hydroxylation sites is 1. The van der Waals surface area contributed by atoms with Gasteiger partial charge in [-0.1, -0.05) is 26.0 Å². The minimum absolute atomic E-state index is 0.552. The molecule has 0 saturated carbocycles. The van der Waals surface area contributed by atoms with E-state index in [1.807, 2.05) is 25.1 Å². The van der Waals surface area contributed by atoms with Crippen LogP contribution >= 0.6 is 0 Å². The molecule has 0 bridgehead atoms. The van der Waals surface area contributed by atoms with E-state index in [1.165, 1.54) is 0 Å². The molecule has 20 heavy (non-hydrogen) atoms. The van der Waals surface area contributed by atoms with Crippen LogP contribution in [0, 0.1) is 11.3 Å². The van der Waals surface area contributed by atoms with Crippen molar-refractivity contribution in [3.05, 3.63) is 23.8 Å². The van der Waals surface area contributed by atoms with Gasteiger partial charge in [0.1, 0.15) is 5.54 Å². The summed E-state index contributed by atoms with van der Waals surface area (Å²) in [7, 11) is 3.25. The molecule has 1 atom stereocenters. The molecule has 0 aliphatic rings. The number of rotatable bonds is 7. The molecule has 0 radical (unpaired) electrons. The van der Waals surface area contributed by atoms with Gasteiger partial charge in [0.2, 0.25) is 0 Å². The molecule has 0 aliphatic carbocycles. The van der Waals surface area contributed by atoms with Crippen molar-refractivity contribution >= 4 is 0 Å². The lowest BCUT2D eigenvalue weighted by Gasteiger charge is -2.34. The van der Waals surface area contributed by atoms with Crippen LogP contribution in [-0.4, -0.2) is 37.7 Å². The average Bonchev–Trinajstić information content (AvgIpc) is 2.48. The minimum atomic E-state index is -0.552. The Morgan fingerprint density at radius 1 is 1.20 bits per heavy atom. The molecule has 1 aromatic carbocycles. The third kappa shape index (κ3) is 3.23. The Morgan fingerprint density at radius 3 is 2.30 bits per heavy atom. The van der Waals surface area contributed by atoms with E-state index in [0.717, 1.165) is 18.7 Å². The molecule has 0 amide bonds. The molecule has 0 heterocycles. The predicted molar refractivity (Wildman–Crippen MR) is 80.2 cm³/mol. The van der Waals surface area contributed by atoms with Gasteiger partial charge in [-0.2, -0.15) is 5.26 Å². The van der Waals surface area contributed by atoms with Crippen molar-refractivity contribution in [1.82, 2.24) is 4.90 Å². The molecule has 0 aliphatic heterocycles. The van der Waals surface area contributed by atoms with Crippen molar-refractivity contribution < 1.29 is 9.47 Å². The van der Waals surface area contributed by atoms with E-state index in [2.05, 4.69) is 24.8 Å². The molecule has 0 saturated heterocycles. The van der Waals surface area contributed by atoms with Crippen molar-refractivity contribution in [2.24, 2.45) is 0 Å². The zero-order chi connectivity index (χ0) is 15.2. The fourth-order valence-electron chi connectivity index (χ4n) is 2.61. The second kappa shape index (κ2) is 7.16. The summed E-state index contributed by atoms with van der Waals surface area (Å²) in [6, 6.07) is 8.23. The van der Waals surface area contributed by atoms with Gasteiger partial charge in [0, 0.05) is 12.0 Å². The topological polar surface area (TPSA) is 45.5 Å². The Balaban J connectivity index is 3.17. The highest BCUT2D eigenvalue weighted by Gasteiger charge is 2.31. The second-order valence-corrected chi connectivity index (χ2v) is 4.89. The summed E-state index contributed by atoms with van der Waals surface area (Å²) in [5.74, 6) is 1.41. The van der Waals surface area contributed by atoms with Gasteiger partial charge in [0.15, 0.2) is 11.5 Å². The Kier molecular flexibility index (Phi) is 5.84. The summed E-state index contributed by atoms with van der Waals surface area (Å²) in [4.78, 5) is 2.16. The number of likely N-dealkylation sites (N-methyl/N-ethyl adjacent to an activating group) is 1. The average molecular weight is 276 g/mol. The van der Waals surface area contributed by atoms with E-state index in [4.69, 9.17) is 9.47 Å². The van der Waals surface area contributed by atoms with Gasteiger partial charge < -0.3 is 9.47 Å². The van der Waals surface area contributed by atoms with E-state index < -0.39 is 5.54 Å². The van der Waals surface area contributed by atoms with Crippen LogP contribution in [0.3, 0.4) is 0 Å². The molecular formula is C16H24N2O2. The largest absolute Gasteiger partial charge is 0.493 e. The lowest BCUT2D eigenvalue weighted by molar-refractivity contribution is 0.168. The van der Waals surface area contributed by atoms with Crippen LogP contribution in [0.5, 0.6) is 11.5 Å². The number of hydrogen-bond donors (Lipinski definition) is 0. The maximum absolute atomic E-state index is 9.61. The van der Waals surface area contributed by atoms with Crippen LogP contribution in [0.25, 0.3) is 0 Å². The van der Waals surface area contributed by atoms with Crippen LogP contribution in [0.2, 0.25) is 0 Å². The van der Waals surface area contributed by atoms with Gasteiger partial charge in [0.05, 0.1) is 20.3 Å². The normalized spacial score (nSPS) is 13.7. The van der Waals surface area contributed by atoms with Crippen molar-refractivity contribution in [2.75, 3.05) is 27.3 Å². The maximum Gasteiger partial charge on any atom is 0.163 e. The lowest BCUT2D eigenvalue weighted by atomic mass is 9.91. The van der Waals surface area contributed by atoms with E-state index in [1.54, 1.807) is 14.2 Å². The highest BCUT2D eigenvalue weighted by atomic mass is 16.5. The molecule has 1 rings (SSSR count). The highest BCUT2D eigenvalue weighted by molar-refractivity contribution is 5.47. The number of methoxy groups -OCH3 is 2. The Labute approximate surface area is 121 Å². The molecule has 0 N–H and O–H groups in total. The molecule has 1 unspecified atom stereocenters. The van der Waals surface area contributed by atoms with Crippen molar-refractivity contribution in [3.63, 3.8) is 0 Å². The first kappa shape index (κ1) is 16.3. The van der Waals surface area contributed by atoms with Gasteiger partial charge in [-0.05, 0) is 26.1 Å². The standard InChI is InChI=1S/C16H24N2O2/c1-6-18(7-2)16(3,12-17)11-13-9-8-10-14(19-4)15(13)20-5/h8-10H,6-7,11H2,1-5H3. The molecule has 0 spiro atoms. The number of benzene rings is 1. The van der Waals surface area contributed by atoms with Crippen LogP contribution in [0.1, 0.15) is 26.3 Å². The molecule has 4 heteroatoms. The summed E-state index contributed by atoms with van der Waals surface area (Å²) < 4.78 is 10.8. The molecule has 0 aromatic heterocycles. The van der Waals surface area contributed by atoms with Gasteiger partial charge in [0.25, 0.3) is 0 Å². The summed E-state index contributed by atoms with van der Waals surface area (Å²) in [5.41, 5.74) is 0.436. The second-order valence-electron chi connectivity index (χ2n) is 4.89. The predicted octanol–water partition coefficient (Wildman–Crippen LogP) is 2.87. The van der Waals surface area contributed by atoms with Crippen LogP contribution < -0.4 is 9.47 Å². The van der Waals surface area contributed by atoms with Crippen molar-refractivity contribution in [3.8, 4) is 17.6 Å². The fourth-order valence-corrected chi connectivity index (χ4v) is 2.61. The van der Waals surface area contributed by atoms with Crippen molar-refractivity contribution in [1.29, 1.82) is 5.26 Å². The molecule has 4 nitrogen and oxygen atoms in total. The number of ether oxygens (including phenoxy) is 2. The number of hydrogen-bond acceptors (Lipinski definition) is 4. The SMILES string of the molecule is CCN(CC)C(C)(C#N)Cc1cccc(OC)c1OC. The van der Waals surface area contributed by atoms with Gasteiger partial charge in [-0.15, -0.1) is 0 Å². The fraction of sp³-hybridized carbons (Fsp3) is 0.562. The zero-order valence-electron chi connectivity index (χ0n) is 13.1. The Hall–Kier alpha value is -1.73. The summed E-state index contributed by atoms with van der Waals surface area (Å²) in [5, 5.41) is 9.61. The first-order chi connectivity index (χ1) is 9.56. The summed E-state index contributed by atoms with van der Waals surface area (Å²) >= 11 is 0.